The van der Waals surface area contributed by atoms with Crippen LogP contribution >= 0.6 is 0 Å². The van der Waals surface area contributed by atoms with Gasteiger partial charge in [0.25, 0.3) is 5.91 Å². The Balaban J connectivity index is 1.68. The van der Waals surface area contributed by atoms with Crippen LogP contribution < -0.4 is 10.6 Å². The maximum atomic E-state index is 12.7. The number of alkyl halides is 3. The van der Waals surface area contributed by atoms with Crippen LogP contribution in [0.5, 0.6) is 0 Å². The van der Waals surface area contributed by atoms with Gasteiger partial charge in [-0.3, -0.25) is 9.59 Å². The van der Waals surface area contributed by atoms with E-state index in [0.29, 0.717) is 11.4 Å². The summed E-state index contributed by atoms with van der Waals surface area (Å²) < 4.78 is 39.5. The molecule has 1 aromatic carbocycles. The lowest BCUT2D eigenvalue weighted by molar-refractivity contribution is -0.137. The molecule has 7 nitrogen and oxygen atoms in total. The van der Waals surface area contributed by atoms with E-state index in [1.807, 2.05) is 6.07 Å². The molecule has 10 heteroatoms. The monoisotopic (exact) mass is 445 g/mol. The van der Waals surface area contributed by atoms with E-state index in [2.05, 4.69) is 20.7 Å². The van der Waals surface area contributed by atoms with E-state index in [0.717, 1.165) is 17.8 Å². The number of rotatable bonds is 6. The van der Waals surface area contributed by atoms with Crippen molar-refractivity contribution in [1.29, 1.82) is 0 Å². The van der Waals surface area contributed by atoms with Crippen molar-refractivity contribution in [3.63, 3.8) is 0 Å². The molecule has 0 spiro atoms. The second-order valence-electron chi connectivity index (χ2n) is 7.49. The number of halogens is 3. The van der Waals surface area contributed by atoms with E-state index in [1.165, 1.54) is 16.9 Å². The summed E-state index contributed by atoms with van der Waals surface area (Å²) in [4.78, 5) is 28.3. The molecule has 2 N–H and O–H groups in total. The summed E-state index contributed by atoms with van der Waals surface area (Å²) in [6.45, 7) is 5.43. The van der Waals surface area contributed by atoms with Gasteiger partial charge in [0.2, 0.25) is 5.91 Å². The quantitative estimate of drug-likeness (QED) is 0.598. The van der Waals surface area contributed by atoms with Crippen LogP contribution in [-0.2, 0) is 17.5 Å². The second-order valence-corrected chi connectivity index (χ2v) is 7.49. The van der Waals surface area contributed by atoms with Crippen molar-refractivity contribution < 1.29 is 22.8 Å². The lowest BCUT2D eigenvalue weighted by Gasteiger charge is -2.10. The van der Waals surface area contributed by atoms with Crippen LogP contribution in [0.4, 0.5) is 18.9 Å². The third-order valence-electron chi connectivity index (χ3n) is 4.72. The van der Waals surface area contributed by atoms with Gasteiger partial charge in [-0.2, -0.15) is 18.3 Å². The molecule has 0 aliphatic carbocycles. The molecule has 2 heterocycles. The summed E-state index contributed by atoms with van der Waals surface area (Å²) in [5.41, 5.74) is 1.27. The molecule has 3 aromatic rings. The van der Waals surface area contributed by atoms with Gasteiger partial charge in [-0.25, -0.2) is 9.67 Å². The predicted octanol–water partition coefficient (Wildman–Crippen LogP) is 4.12. The van der Waals surface area contributed by atoms with Gasteiger partial charge >= 0.3 is 6.18 Å². The van der Waals surface area contributed by atoms with Crippen molar-refractivity contribution >= 4 is 17.5 Å². The fourth-order valence-corrected chi connectivity index (χ4v) is 2.87. The molecule has 0 aliphatic rings. The summed E-state index contributed by atoms with van der Waals surface area (Å²) in [5.74, 6) is -0.483. The predicted molar refractivity (Wildman–Crippen MR) is 112 cm³/mol. The van der Waals surface area contributed by atoms with Gasteiger partial charge in [0.15, 0.2) is 5.82 Å². The number of aromatic nitrogens is 3. The minimum Gasteiger partial charge on any atom is -0.348 e. The zero-order chi connectivity index (χ0) is 23.5. The zero-order valence-electron chi connectivity index (χ0n) is 17.7. The molecule has 0 fully saturated rings. The van der Waals surface area contributed by atoms with E-state index in [1.54, 1.807) is 39.0 Å². The van der Waals surface area contributed by atoms with Crippen LogP contribution in [0.25, 0.3) is 5.82 Å². The maximum Gasteiger partial charge on any atom is 0.417 e. The topological polar surface area (TPSA) is 88.9 Å². The van der Waals surface area contributed by atoms with Gasteiger partial charge in [0.05, 0.1) is 23.0 Å². The van der Waals surface area contributed by atoms with Crippen LogP contribution in [0.3, 0.4) is 0 Å². The average Bonchev–Trinajstić information content (AvgIpc) is 3.13. The molecule has 168 valence electrons. The molecular weight excluding hydrogens is 423 g/mol. The Hall–Kier alpha value is -3.69. The maximum absolute atomic E-state index is 12.7. The van der Waals surface area contributed by atoms with Gasteiger partial charge in [0.1, 0.15) is 0 Å². The normalized spacial score (nSPS) is 11.5. The third kappa shape index (κ3) is 5.32. The van der Waals surface area contributed by atoms with Gasteiger partial charge in [0, 0.05) is 24.3 Å². The summed E-state index contributed by atoms with van der Waals surface area (Å²) >= 11 is 0. The Morgan fingerprint density at radius 3 is 2.50 bits per heavy atom. The summed E-state index contributed by atoms with van der Waals surface area (Å²) in [6, 6.07) is 9.22. The van der Waals surface area contributed by atoms with Crippen LogP contribution in [0.15, 0.2) is 48.8 Å². The van der Waals surface area contributed by atoms with Crippen LogP contribution in [0.2, 0.25) is 0 Å². The van der Waals surface area contributed by atoms with Crippen molar-refractivity contribution in [2.75, 3.05) is 5.32 Å². The number of hydrogen-bond donors (Lipinski definition) is 2. The largest absolute Gasteiger partial charge is 0.417 e. The fourth-order valence-electron chi connectivity index (χ4n) is 2.87. The summed E-state index contributed by atoms with van der Waals surface area (Å²) in [7, 11) is 0. The lowest BCUT2D eigenvalue weighted by atomic mass is 10.1. The number of hydrogen-bond acceptors (Lipinski definition) is 4. The standard InChI is InChI=1S/C22H22F3N5O2/c1-13(2)20(31)29-17-6-4-5-15(9-17)10-27-21(32)18-12-28-30(14(18)3)19-8-7-16(11-26-19)22(23,24)25/h4-9,11-13H,10H2,1-3H3,(H,27,32)(H,29,31). The number of nitrogens with zero attached hydrogens (tertiary/aromatic N) is 3. The van der Waals surface area contributed by atoms with E-state index < -0.39 is 17.6 Å². The van der Waals surface area contributed by atoms with Gasteiger partial charge in [-0.1, -0.05) is 26.0 Å². The van der Waals surface area contributed by atoms with E-state index in [4.69, 9.17) is 0 Å². The third-order valence-corrected chi connectivity index (χ3v) is 4.72. The number of benzene rings is 1. The Labute approximate surface area is 182 Å². The molecule has 0 radical (unpaired) electrons. The Kier molecular flexibility index (Phi) is 6.61. The van der Waals surface area contributed by atoms with Crippen molar-refractivity contribution in [2.24, 2.45) is 5.92 Å². The first-order chi connectivity index (χ1) is 15.1. The van der Waals surface area contributed by atoms with E-state index in [-0.39, 0.29) is 29.8 Å². The Morgan fingerprint density at radius 2 is 1.88 bits per heavy atom. The molecular formula is C22H22F3N5O2. The first-order valence-corrected chi connectivity index (χ1v) is 9.82. The van der Waals surface area contributed by atoms with Crippen molar-refractivity contribution in [1.82, 2.24) is 20.1 Å². The van der Waals surface area contributed by atoms with Gasteiger partial charge < -0.3 is 10.6 Å². The molecule has 0 atom stereocenters. The molecule has 32 heavy (non-hydrogen) atoms. The van der Waals surface area contributed by atoms with Crippen LogP contribution in [-0.4, -0.2) is 26.6 Å². The van der Waals surface area contributed by atoms with Gasteiger partial charge in [-0.15, -0.1) is 0 Å². The molecule has 2 amide bonds. The first-order valence-electron chi connectivity index (χ1n) is 9.82. The first kappa shape index (κ1) is 23.0. The number of anilines is 1. The number of carbonyl (C=O) groups is 2. The van der Waals surface area contributed by atoms with Gasteiger partial charge in [-0.05, 0) is 36.8 Å². The molecule has 0 saturated heterocycles. The number of carbonyl (C=O) groups excluding carboxylic acids is 2. The highest BCUT2D eigenvalue weighted by molar-refractivity contribution is 5.95. The molecule has 3 rings (SSSR count). The summed E-state index contributed by atoms with van der Waals surface area (Å²) in [5, 5.41) is 9.66. The molecule has 2 aromatic heterocycles. The Morgan fingerprint density at radius 1 is 1.12 bits per heavy atom. The minimum absolute atomic E-state index is 0.105. The van der Waals surface area contributed by atoms with E-state index >= 15 is 0 Å². The molecule has 0 unspecified atom stereocenters. The highest BCUT2D eigenvalue weighted by atomic mass is 19.4. The van der Waals surface area contributed by atoms with Crippen molar-refractivity contribution in [2.45, 2.75) is 33.5 Å². The smallest absolute Gasteiger partial charge is 0.348 e. The molecule has 0 aliphatic heterocycles. The SMILES string of the molecule is Cc1c(C(=O)NCc2cccc(NC(=O)C(C)C)c2)cnn1-c1ccc(C(F)(F)F)cn1. The van der Waals surface area contributed by atoms with Crippen LogP contribution in [0.1, 0.15) is 41.0 Å². The fraction of sp³-hybridized carbons (Fsp3) is 0.273. The minimum atomic E-state index is -4.48. The average molecular weight is 445 g/mol. The molecule has 0 bridgehead atoms. The zero-order valence-corrected chi connectivity index (χ0v) is 17.7. The molecule has 0 saturated carbocycles. The van der Waals surface area contributed by atoms with Crippen LogP contribution in [0, 0.1) is 12.8 Å². The summed E-state index contributed by atoms with van der Waals surface area (Å²) in [6.07, 6.45) is -2.42. The van der Waals surface area contributed by atoms with Crippen molar-refractivity contribution in [3.05, 3.63) is 71.2 Å². The Bertz CT molecular complexity index is 1120. The van der Waals surface area contributed by atoms with Crippen molar-refractivity contribution in [3.8, 4) is 5.82 Å². The van der Waals surface area contributed by atoms with E-state index in [9.17, 15) is 22.8 Å². The number of amides is 2. The highest BCUT2D eigenvalue weighted by Gasteiger charge is 2.30. The number of pyridine rings is 1. The number of nitrogens with one attached hydrogen (secondary N) is 2. The lowest BCUT2D eigenvalue weighted by Crippen LogP contribution is -2.23. The second kappa shape index (κ2) is 9.21. The highest BCUT2D eigenvalue weighted by Crippen LogP contribution is 2.28.